The number of anilines is 1. The van der Waals surface area contributed by atoms with Crippen LogP contribution in [0, 0.1) is 18.7 Å². The summed E-state index contributed by atoms with van der Waals surface area (Å²) in [6, 6.07) is 6.28. The zero-order chi connectivity index (χ0) is 19.2. The molecule has 0 spiro atoms. The standard InChI is InChI=1S/C21H29FN4O/c1-3-20-23-15(2)19(24-20)14-26-12-6-7-16(13-26)10-11-21(27)25-18-9-5-4-8-17(18)22/h4-5,8-9,16H,3,6-7,10-14H2,1-2H3,(H,23,24)(H,25,27). The number of halogens is 1. The lowest BCUT2D eigenvalue weighted by Gasteiger charge is -2.32. The lowest BCUT2D eigenvalue weighted by molar-refractivity contribution is -0.116. The minimum absolute atomic E-state index is 0.118. The fourth-order valence-electron chi connectivity index (χ4n) is 3.74. The largest absolute Gasteiger partial charge is 0.346 e. The SMILES string of the molecule is CCc1nc(CN2CCCC(CCC(=O)Nc3ccccc3F)C2)c(C)[nH]1. The Morgan fingerprint density at radius 3 is 2.96 bits per heavy atom. The van der Waals surface area contributed by atoms with Crippen molar-refractivity contribution in [3.8, 4) is 0 Å². The zero-order valence-corrected chi connectivity index (χ0v) is 16.2. The number of rotatable bonds is 7. The van der Waals surface area contributed by atoms with Gasteiger partial charge in [0, 0.05) is 31.6 Å². The molecule has 1 aliphatic heterocycles. The van der Waals surface area contributed by atoms with Gasteiger partial charge in [-0.25, -0.2) is 9.37 Å². The summed E-state index contributed by atoms with van der Waals surface area (Å²) in [5.74, 6) is 1.03. The Morgan fingerprint density at radius 1 is 1.41 bits per heavy atom. The summed E-state index contributed by atoms with van der Waals surface area (Å²) in [6.45, 7) is 7.11. The van der Waals surface area contributed by atoms with E-state index >= 15 is 0 Å². The first kappa shape index (κ1) is 19.5. The molecule has 0 aliphatic carbocycles. The van der Waals surface area contributed by atoms with Crippen LogP contribution in [0.4, 0.5) is 10.1 Å². The van der Waals surface area contributed by atoms with Crippen LogP contribution in [0.3, 0.4) is 0 Å². The predicted octanol–water partition coefficient (Wildman–Crippen LogP) is 4.05. The van der Waals surface area contributed by atoms with Gasteiger partial charge in [-0.2, -0.15) is 0 Å². The average Bonchev–Trinajstić information content (AvgIpc) is 3.02. The molecule has 1 saturated heterocycles. The Balaban J connectivity index is 1.47. The number of carbonyl (C=O) groups is 1. The average molecular weight is 372 g/mol. The Labute approximate surface area is 160 Å². The van der Waals surface area contributed by atoms with Crippen molar-refractivity contribution < 1.29 is 9.18 Å². The summed E-state index contributed by atoms with van der Waals surface area (Å²) in [5, 5.41) is 2.68. The molecule has 0 bridgehead atoms. The highest BCUT2D eigenvalue weighted by atomic mass is 19.1. The van der Waals surface area contributed by atoms with Crippen LogP contribution in [0.2, 0.25) is 0 Å². The molecule has 6 heteroatoms. The molecular formula is C21H29FN4O. The third kappa shape index (κ3) is 5.39. The van der Waals surface area contributed by atoms with E-state index < -0.39 is 5.82 Å². The van der Waals surface area contributed by atoms with Crippen molar-refractivity contribution in [1.29, 1.82) is 0 Å². The van der Waals surface area contributed by atoms with Crippen LogP contribution < -0.4 is 5.32 Å². The van der Waals surface area contributed by atoms with E-state index in [-0.39, 0.29) is 11.6 Å². The highest BCUT2D eigenvalue weighted by molar-refractivity contribution is 5.90. The van der Waals surface area contributed by atoms with E-state index in [1.807, 2.05) is 0 Å². The summed E-state index contributed by atoms with van der Waals surface area (Å²) in [7, 11) is 0. The number of nitrogens with zero attached hydrogens (tertiary/aromatic N) is 2. The number of likely N-dealkylation sites (tertiary alicyclic amines) is 1. The van der Waals surface area contributed by atoms with Gasteiger partial charge in [-0.15, -0.1) is 0 Å². The number of benzene rings is 1. The van der Waals surface area contributed by atoms with E-state index in [0.717, 1.165) is 62.5 Å². The fourth-order valence-corrected chi connectivity index (χ4v) is 3.74. The number of aromatic nitrogens is 2. The molecule has 1 atom stereocenters. The molecule has 0 radical (unpaired) electrons. The molecule has 2 aromatic rings. The topological polar surface area (TPSA) is 61.0 Å². The first-order chi connectivity index (χ1) is 13.0. The third-order valence-electron chi connectivity index (χ3n) is 5.27. The Hall–Kier alpha value is -2.21. The number of hydrogen-bond donors (Lipinski definition) is 2. The van der Waals surface area contributed by atoms with E-state index in [2.05, 4.69) is 34.0 Å². The fraction of sp³-hybridized carbons (Fsp3) is 0.524. The van der Waals surface area contributed by atoms with Crippen molar-refractivity contribution in [3.63, 3.8) is 0 Å². The van der Waals surface area contributed by atoms with Gasteiger partial charge in [0.2, 0.25) is 5.91 Å². The van der Waals surface area contributed by atoms with Crippen LogP contribution in [0.5, 0.6) is 0 Å². The van der Waals surface area contributed by atoms with Crippen molar-refractivity contribution in [2.45, 2.75) is 52.5 Å². The van der Waals surface area contributed by atoms with Gasteiger partial charge in [0.05, 0.1) is 11.4 Å². The lowest BCUT2D eigenvalue weighted by Crippen LogP contribution is -2.35. The van der Waals surface area contributed by atoms with Crippen LogP contribution in [0.25, 0.3) is 0 Å². The Kier molecular flexibility index (Phi) is 6.61. The van der Waals surface area contributed by atoms with Crippen LogP contribution in [-0.4, -0.2) is 33.9 Å². The number of piperidine rings is 1. The first-order valence-corrected chi connectivity index (χ1v) is 9.86. The van der Waals surface area contributed by atoms with Gasteiger partial charge >= 0.3 is 0 Å². The molecule has 1 fully saturated rings. The van der Waals surface area contributed by atoms with Crippen LogP contribution in [0.1, 0.15) is 49.8 Å². The van der Waals surface area contributed by atoms with Crippen LogP contribution >= 0.6 is 0 Å². The number of amides is 1. The second-order valence-electron chi connectivity index (χ2n) is 7.42. The molecule has 5 nitrogen and oxygen atoms in total. The van der Waals surface area contributed by atoms with Gasteiger partial charge in [0.25, 0.3) is 0 Å². The van der Waals surface area contributed by atoms with Crippen molar-refractivity contribution in [2.24, 2.45) is 5.92 Å². The first-order valence-electron chi connectivity index (χ1n) is 9.86. The molecule has 1 aliphatic rings. The zero-order valence-electron chi connectivity index (χ0n) is 16.2. The van der Waals surface area contributed by atoms with Crippen LogP contribution in [-0.2, 0) is 17.8 Å². The van der Waals surface area contributed by atoms with Gasteiger partial charge in [-0.1, -0.05) is 19.1 Å². The summed E-state index contributed by atoms with van der Waals surface area (Å²) >= 11 is 0. The Bertz CT molecular complexity index is 773. The molecule has 3 rings (SSSR count). The number of carbonyl (C=O) groups excluding carboxylic acids is 1. The molecule has 1 aromatic carbocycles. The van der Waals surface area contributed by atoms with Gasteiger partial charge in [-0.3, -0.25) is 9.69 Å². The number of nitrogens with one attached hydrogen (secondary N) is 2. The number of hydrogen-bond acceptors (Lipinski definition) is 3. The van der Waals surface area contributed by atoms with E-state index in [9.17, 15) is 9.18 Å². The molecular weight excluding hydrogens is 343 g/mol. The maximum atomic E-state index is 13.6. The number of aryl methyl sites for hydroxylation is 2. The monoisotopic (exact) mass is 372 g/mol. The maximum absolute atomic E-state index is 13.6. The molecule has 2 heterocycles. The summed E-state index contributed by atoms with van der Waals surface area (Å²) in [5.41, 5.74) is 2.54. The summed E-state index contributed by atoms with van der Waals surface area (Å²) in [4.78, 5) is 22.6. The van der Waals surface area contributed by atoms with Crippen molar-refractivity contribution in [3.05, 3.63) is 47.3 Å². The number of imidazole rings is 1. The molecule has 1 aromatic heterocycles. The van der Waals surface area contributed by atoms with E-state index in [1.165, 1.54) is 6.07 Å². The third-order valence-corrected chi connectivity index (χ3v) is 5.27. The Morgan fingerprint density at radius 2 is 2.22 bits per heavy atom. The van der Waals surface area contributed by atoms with Crippen molar-refractivity contribution in [2.75, 3.05) is 18.4 Å². The molecule has 2 N–H and O–H groups in total. The minimum atomic E-state index is -0.393. The molecule has 1 unspecified atom stereocenters. The summed E-state index contributed by atoms with van der Waals surface area (Å²) in [6.07, 6.45) is 4.46. The van der Waals surface area contributed by atoms with E-state index in [0.29, 0.717) is 12.3 Å². The van der Waals surface area contributed by atoms with E-state index in [4.69, 9.17) is 0 Å². The molecule has 27 heavy (non-hydrogen) atoms. The van der Waals surface area contributed by atoms with Crippen molar-refractivity contribution >= 4 is 11.6 Å². The lowest BCUT2D eigenvalue weighted by atomic mass is 9.93. The molecule has 146 valence electrons. The number of aromatic amines is 1. The second kappa shape index (κ2) is 9.13. The summed E-state index contributed by atoms with van der Waals surface area (Å²) < 4.78 is 13.6. The van der Waals surface area contributed by atoms with Gasteiger partial charge in [0.15, 0.2) is 0 Å². The van der Waals surface area contributed by atoms with E-state index in [1.54, 1.807) is 18.2 Å². The maximum Gasteiger partial charge on any atom is 0.224 e. The molecule has 0 saturated carbocycles. The van der Waals surface area contributed by atoms with Gasteiger partial charge < -0.3 is 10.3 Å². The quantitative estimate of drug-likeness (QED) is 0.771. The van der Waals surface area contributed by atoms with Gasteiger partial charge in [-0.05, 0) is 50.8 Å². The van der Waals surface area contributed by atoms with Crippen molar-refractivity contribution in [1.82, 2.24) is 14.9 Å². The minimum Gasteiger partial charge on any atom is -0.346 e. The van der Waals surface area contributed by atoms with Gasteiger partial charge in [0.1, 0.15) is 11.6 Å². The normalized spacial score (nSPS) is 17.8. The smallest absolute Gasteiger partial charge is 0.224 e. The second-order valence-corrected chi connectivity index (χ2v) is 7.42. The highest BCUT2D eigenvalue weighted by Crippen LogP contribution is 2.23. The number of para-hydroxylation sites is 1. The molecule has 1 amide bonds. The van der Waals surface area contributed by atoms with Crippen LogP contribution in [0.15, 0.2) is 24.3 Å². The predicted molar refractivity (Wildman–Crippen MR) is 105 cm³/mol. The highest BCUT2D eigenvalue weighted by Gasteiger charge is 2.22. The number of H-pyrrole nitrogens is 1.